The zero-order valence-electron chi connectivity index (χ0n) is 12.6. The van der Waals surface area contributed by atoms with Crippen LogP contribution in [0.1, 0.15) is 45.1 Å². The van der Waals surface area contributed by atoms with Crippen LogP contribution in [0.5, 0.6) is 5.75 Å². The summed E-state index contributed by atoms with van der Waals surface area (Å²) in [4.78, 5) is 4.45. The molecule has 0 amide bonds. The molecule has 4 heteroatoms. The van der Waals surface area contributed by atoms with Gasteiger partial charge >= 0.3 is 0 Å². The van der Waals surface area contributed by atoms with E-state index >= 15 is 0 Å². The number of ether oxygens (including phenoxy) is 1. The van der Waals surface area contributed by atoms with Crippen LogP contribution in [0.3, 0.4) is 0 Å². The Morgan fingerprint density at radius 3 is 2.71 bits per heavy atom. The summed E-state index contributed by atoms with van der Waals surface area (Å²) in [5.41, 5.74) is 1.05. The first-order chi connectivity index (χ1) is 10.4. The highest BCUT2D eigenvalue weighted by atomic mass is 16.5. The lowest BCUT2D eigenvalue weighted by atomic mass is 10.2. The SMILES string of the molecule is CCCOc1ccc(Nc2nccn2C2CCCC2)cc1. The molecule has 1 N–H and O–H groups in total. The first kappa shape index (κ1) is 14.0. The van der Waals surface area contributed by atoms with E-state index < -0.39 is 0 Å². The fourth-order valence-corrected chi connectivity index (χ4v) is 2.87. The molecule has 1 fully saturated rings. The van der Waals surface area contributed by atoms with E-state index in [1.54, 1.807) is 0 Å². The lowest BCUT2D eigenvalue weighted by molar-refractivity contribution is 0.317. The van der Waals surface area contributed by atoms with Gasteiger partial charge in [0.2, 0.25) is 5.95 Å². The number of hydrogen-bond acceptors (Lipinski definition) is 3. The van der Waals surface area contributed by atoms with Gasteiger partial charge < -0.3 is 14.6 Å². The molecule has 0 spiro atoms. The predicted octanol–water partition coefficient (Wildman–Crippen LogP) is 4.53. The molecule has 0 radical (unpaired) electrons. The average molecular weight is 285 g/mol. The van der Waals surface area contributed by atoms with Crippen LogP contribution >= 0.6 is 0 Å². The Bertz CT molecular complexity index is 556. The highest BCUT2D eigenvalue weighted by Crippen LogP contribution is 2.32. The van der Waals surface area contributed by atoms with Crippen molar-refractivity contribution in [3.63, 3.8) is 0 Å². The van der Waals surface area contributed by atoms with Crippen LogP contribution in [0.4, 0.5) is 11.6 Å². The molecule has 1 saturated carbocycles. The Balaban J connectivity index is 1.67. The highest BCUT2D eigenvalue weighted by molar-refractivity contribution is 5.55. The first-order valence-corrected chi connectivity index (χ1v) is 7.89. The van der Waals surface area contributed by atoms with Gasteiger partial charge in [0.15, 0.2) is 0 Å². The molecular formula is C17H23N3O. The van der Waals surface area contributed by atoms with E-state index in [1.807, 2.05) is 30.5 Å². The second-order valence-electron chi connectivity index (χ2n) is 5.59. The average Bonchev–Trinajstić information content (AvgIpc) is 3.17. The zero-order chi connectivity index (χ0) is 14.5. The van der Waals surface area contributed by atoms with Crippen LogP contribution in [0, 0.1) is 0 Å². The summed E-state index contributed by atoms with van der Waals surface area (Å²) >= 11 is 0. The van der Waals surface area contributed by atoms with Crippen molar-refractivity contribution in [3.05, 3.63) is 36.7 Å². The standard InChI is InChI=1S/C17H23N3O/c1-2-13-21-16-9-7-14(8-10-16)19-17-18-11-12-20(17)15-5-3-4-6-15/h7-12,15H,2-6,13H2,1H3,(H,18,19). The maximum Gasteiger partial charge on any atom is 0.207 e. The summed E-state index contributed by atoms with van der Waals surface area (Å²) in [6.45, 7) is 2.87. The van der Waals surface area contributed by atoms with Gasteiger partial charge in [0.05, 0.1) is 6.61 Å². The van der Waals surface area contributed by atoms with Gasteiger partial charge in [-0.1, -0.05) is 19.8 Å². The minimum absolute atomic E-state index is 0.599. The molecule has 112 valence electrons. The highest BCUT2D eigenvalue weighted by Gasteiger charge is 2.19. The Labute approximate surface area is 126 Å². The molecule has 1 aliphatic rings. The lowest BCUT2D eigenvalue weighted by Gasteiger charge is -2.15. The van der Waals surface area contributed by atoms with Gasteiger partial charge in [-0.05, 0) is 43.5 Å². The van der Waals surface area contributed by atoms with E-state index in [9.17, 15) is 0 Å². The van der Waals surface area contributed by atoms with E-state index in [0.717, 1.165) is 30.4 Å². The molecule has 1 heterocycles. The van der Waals surface area contributed by atoms with Gasteiger partial charge in [-0.25, -0.2) is 4.98 Å². The molecule has 21 heavy (non-hydrogen) atoms. The molecule has 4 nitrogen and oxygen atoms in total. The monoisotopic (exact) mass is 285 g/mol. The third-order valence-electron chi connectivity index (χ3n) is 3.97. The Morgan fingerprint density at radius 1 is 1.24 bits per heavy atom. The maximum atomic E-state index is 5.60. The number of hydrogen-bond donors (Lipinski definition) is 1. The van der Waals surface area contributed by atoms with Gasteiger partial charge in [0.1, 0.15) is 5.75 Å². The summed E-state index contributed by atoms with van der Waals surface area (Å²) < 4.78 is 7.87. The Kier molecular flexibility index (Phi) is 4.43. The third-order valence-corrected chi connectivity index (χ3v) is 3.97. The number of nitrogens with zero attached hydrogens (tertiary/aromatic N) is 2. The molecule has 1 aliphatic carbocycles. The number of anilines is 2. The van der Waals surface area contributed by atoms with Crippen LogP contribution in [0.15, 0.2) is 36.7 Å². The van der Waals surface area contributed by atoms with Gasteiger partial charge in [0, 0.05) is 24.1 Å². The topological polar surface area (TPSA) is 39.1 Å². The van der Waals surface area contributed by atoms with Gasteiger partial charge in [-0.15, -0.1) is 0 Å². The first-order valence-electron chi connectivity index (χ1n) is 7.89. The summed E-state index contributed by atoms with van der Waals surface area (Å²) in [6.07, 6.45) is 10.1. The van der Waals surface area contributed by atoms with E-state index in [2.05, 4.69) is 28.0 Å². The summed E-state index contributed by atoms with van der Waals surface area (Å²) in [6, 6.07) is 8.68. The van der Waals surface area contributed by atoms with Crippen molar-refractivity contribution in [1.29, 1.82) is 0 Å². The fourth-order valence-electron chi connectivity index (χ4n) is 2.87. The number of rotatable bonds is 6. The number of aromatic nitrogens is 2. The number of nitrogens with one attached hydrogen (secondary N) is 1. The van der Waals surface area contributed by atoms with Crippen molar-refractivity contribution in [2.24, 2.45) is 0 Å². The van der Waals surface area contributed by atoms with Crippen molar-refractivity contribution >= 4 is 11.6 Å². The van der Waals surface area contributed by atoms with Crippen LogP contribution in [0.25, 0.3) is 0 Å². The predicted molar refractivity (Wildman–Crippen MR) is 85.2 cm³/mol. The minimum atomic E-state index is 0.599. The van der Waals surface area contributed by atoms with Crippen LogP contribution in [-0.2, 0) is 0 Å². The zero-order valence-corrected chi connectivity index (χ0v) is 12.6. The van der Waals surface area contributed by atoms with E-state index in [1.165, 1.54) is 25.7 Å². The second-order valence-corrected chi connectivity index (χ2v) is 5.59. The van der Waals surface area contributed by atoms with Gasteiger partial charge in [-0.2, -0.15) is 0 Å². The minimum Gasteiger partial charge on any atom is -0.494 e. The summed E-state index contributed by atoms with van der Waals surface area (Å²) in [5, 5.41) is 3.41. The smallest absolute Gasteiger partial charge is 0.207 e. The van der Waals surface area contributed by atoms with Crippen molar-refractivity contribution < 1.29 is 4.74 Å². The van der Waals surface area contributed by atoms with E-state index in [4.69, 9.17) is 4.74 Å². The van der Waals surface area contributed by atoms with Crippen molar-refractivity contribution in [3.8, 4) is 5.75 Å². The maximum absolute atomic E-state index is 5.60. The van der Waals surface area contributed by atoms with Crippen molar-refractivity contribution in [1.82, 2.24) is 9.55 Å². The van der Waals surface area contributed by atoms with Crippen molar-refractivity contribution in [2.75, 3.05) is 11.9 Å². The third kappa shape index (κ3) is 3.38. The largest absolute Gasteiger partial charge is 0.494 e. The second kappa shape index (κ2) is 6.66. The normalized spacial score (nSPS) is 15.3. The Hall–Kier alpha value is -1.97. The molecular weight excluding hydrogens is 262 g/mol. The van der Waals surface area contributed by atoms with Crippen LogP contribution in [0.2, 0.25) is 0 Å². The summed E-state index contributed by atoms with van der Waals surface area (Å²) in [7, 11) is 0. The van der Waals surface area contributed by atoms with Crippen LogP contribution < -0.4 is 10.1 Å². The Morgan fingerprint density at radius 2 is 2.00 bits per heavy atom. The van der Waals surface area contributed by atoms with E-state index in [-0.39, 0.29) is 0 Å². The number of imidazole rings is 1. The molecule has 2 aromatic rings. The van der Waals surface area contributed by atoms with Gasteiger partial charge in [0.25, 0.3) is 0 Å². The molecule has 0 saturated heterocycles. The molecule has 0 bridgehead atoms. The molecule has 0 aliphatic heterocycles. The van der Waals surface area contributed by atoms with Crippen LogP contribution in [-0.4, -0.2) is 16.2 Å². The molecule has 0 atom stereocenters. The molecule has 1 aromatic heterocycles. The quantitative estimate of drug-likeness (QED) is 0.847. The van der Waals surface area contributed by atoms with Gasteiger partial charge in [-0.3, -0.25) is 0 Å². The van der Waals surface area contributed by atoms with E-state index in [0.29, 0.717) is 6.04 Å². The number of benzene rings is 1. The van der Waals surface area contributed by atoms with Crippen molar-refractivity contribution in [2.45, 2.75) is 45.1 Å². The lowest BCUT2D eigenvalue weighted by Crippen LogP contribution is -2.07. The molecule has 0 unspecified atom stereocenters. The summed E-state index contributed by atoms with van der Waals surface area (Å²) in [5.74, 6) is 1.85. The molecule has 3 rings (SSSR count). The fraction of sp³-hybridized carbons (Fsp3) is 0.471. The molecule has 1 aromatic carbocycles.